The molecule has 2 aromatic carbocycles. The second-order valence-corrected chi connectivity index (χ2v) is 5.39. The van der Waals surface area contributed by atoms with E-state index in [0.717, 1.165) is 18.2 Å². The molecule has 0 aromatic heterocycles. The van der Waals surface area contributed by atoms with Gasteiger partial charge in [-0.1, -0.05) is 12.1 Å². The Morgan fingerprint density at radius 1 is 1.04 bits per heavy atom. The van der Waals surface area contributed by atoms with Crippen molar-refractivity contribution in [2.24, 2.45) is 0 Å². The third-order valence-electron chi connectivity index (χ3n) is 3.19. The summed E-state index contributed by atoms with van der Waals surface area (Å²) < 4.78 is 13.7. The van der Waals surface area contributed by atoms with Crippen LogP contribution in [0.5, 0.6) is 0 Å². The smallest absolute Gasteiger partial charge is 0.311 e. The molecule has 0 saturated carbocycles. The van der Waals surface area contributed by atoms with Crippen LogP contribution in [-0.4, -0.2) is 28.8 Å². The number of nitro benzene ring substituents is 2. The average molecular weight is 334 g/mol. The fraction of sp³-hybridized carbons (Fsp3) is 0.200. The molecule has 0 spiro atoms. The molecular weight excluding hydrogens is 319 g/mol. The Kier molecular flexibility index (Phi) is 5.05. The molecule has 0 bridgehead atoms. The lowest BCUT2D eigenvalue weighted by Gasteiger charge is -2.11. The van der Waals surface area contributed by atoms with Gasteiger partial charge in [0, 0.05) is 18.3 Å². The average Bonchev–Trinajstić information content (AvgIpc) is 2.48. The van der Waals surface area contributed by atoms with E-state index >= 15 is 0 Å². The zero-order valence-corrected chi connectivity index (χ0v) is 13.0. The van der Waals surface area contributed by atoms with Gasteiger partial charge in [0.05, 0.1) is 15.9 Å². The van der Waals surface area contributed by atoms with Crippen molar-refractivity contribution in [2.75, 3.05) is 19.4 Å². The van der Waals surface area contributed by atoms with Crippen molar-refractivity contribution in [3.8, 4) is 0 Å². The molecule has 0 amide bonds. The Balaban J connectivity index is 2.33. The minimum Gasteiger partial charge on any atom is -0.350 e. The number of nitrogens with one attached hydrogen (secondary N) is 1. The first-order valence-electron chi connectivity index (χ1n) is 6.91. The molecule has 1 N–H and O–H groups in total. The summed E-state index contributed by atoms with van der Waals surface area (Å²) in [7, 11) is 3.85. The van der Waals surface area contributed by atoms with E-state index in [1.54, 1.807) is 12.1 Å². The molecule has 9 heteroatoms. The van der Waals surface area contributed by atoms with E-state index < -0.39 is 27.0 Å². The molecule has 0 radical (unpaired) electrons. The van der Waals surface area contributed by atoms with Gasteiger partial charge in [0.1, 0.15) is 5.69 Å². The Hall–Kier alpha value is -3.07. The van der Waals surface area contributed by atoms with Gasteiger partial charge < -0.3 is 10.2 Å². The van der Waals surface area contributed by atoms with Crippen LogP contribution >= 0.6 is 0 Å². The molecule has 0 unspecified atom stereocenters. The second-order valence-electron chi connectivity index (χ2n) is 5.39. The van der Waals surface area contributed by atoms with Crippen LogP contribution in [0.15, 0.2) is 36.4 Å². The number of hydrogen-bond acceptors (Lipinski definition) is 6. The highest BCUT2D eigenvalue weighted by atomic mass is 19.1. The number of nitrogens with zero attached hydrogens (tertiary/aromatic N) is 3. The summed E-state index contributed by atoms with van der Waals surface area (Å²) in [6, 6.07) is 8.41. The van der Waals surface area contributed by atoms with E-state index in [0.29, 0.717) is 11.8 Å². The van der Waals surface area contributed by atoms with Gasteiger partial charge in [-0.3, -0.25) is 20.2 Å². The lowest BCUT2D eigenvalue weighted by molar-refractivity contribution is -0.395. The summed E-state index contributed by atoms with van der Waals surface area (Å²) >= 11 is 0. The van der Waals surface area contributed by atoms with Gasteiger partial charge in [0.15, 0.2) is 0 Å². The van der Waals surface area contributed by atoms with E-state index in [1.807, 2.05) is 31.1 Å². The normalized spacial score (nSPS) is 10.7. The van der Waals surface area contributed by atoms with Crippen molar-refractivity contribution in [3.05, 3.63) is 68.0 Å². The molecule has 0 fully saturated rings. The number of nitro groups is 2. The maximum absolute atomic E-state index is 13.7. The van der Waals surface area contributed by atoms with Crippen LogP contribution in [0.2, 0.25) is 0 Å². The van der Waals surface area contributed by atoms with Crippen LogP contribution in [0.4, 0.5) is 27.1 Å². The predicted molar refractivity (Wildman–Crippen MR) is 86.8 cm³/mol. The van der Waals surface area contributed by atoms with E-state index in [1.165, 1.54) is 0 Å². The Labute approximate surface area is 136 Å². The molecule has 0 atom stereocenters. The first-order valence-corrected chi connectivity index (χ1v) is 6.91. The highest BCUT2D eigenvalue weighted by Gasteiger charge is 2.24. The number of anilines is 2. The molecule has 8 nitrogen and oxygen atoms in total. The van der Waals surface area contributed by atoms with E-state index in [2.05, 4.69) is 5.32 Å². The van der Waals surface area contributed by atoms with E-state index in [-0.39, 0.29) is 5.69 Å². The minimum absolute atomic E-state index is 0.150. The first kappa shape index (κ1) is 17.3. The Morgan fingerprint density at radius 2 is 1.62 bits per heavy atom. The Morgan fingerprint density at radius 3 is 2.12 bits per heavy atom. The molecule has 126 valence electrons. The summed E-state index contributed by atoms with van der Waals surface area (Å²) in [5, 5.41) is 24.5. The van der Waals surface area contributed by atoms with Crippen LogP contribution in [0.3, 0.4) is 0 Å². The van der Waals surface area contributed by atoms with Crippen LogP contribution in [0.25, 0.3) is 0 Å². The molecule has 0 aliphatic rings. The van der Waals surface area contributed by atoms with Gasteiger partial charge >= 0.3 is 5.69 Å². The number of halogens is 1. The molecular formula is C15H15FN4O4. The number of benzene rings is 2. The molecule has 0 aliphatic heterocycles. The van der Waals surface area contributed by atoms with Gasteiger partial charge in [0.2, 0.25) is 5.82 Å². The summed E-state index contributed by atoms with van der Waals surface area (Å²) in [5.41, 5.74) is -0.110. The van der Waals surface area contributed by atoms with Crippen molar-refractivity contribution in [2.45, 2.75) is 6.54 Å². The SMILES string of the molecule is CN(C)Cc1ccc(Nc2cc(F)c([N+](=O)[O-])cc2[N+](=O)[O-])cc1. The zero-order valence-electron chi connectivity index (χ0n) is 13.0. The number of hydrogen-bond donors (Lipinski definition) is 1. The molecule has 2 aromatic rings. The van der Waals surface area contributed by atoms with Crippen LogP contribution in [0, 0.1) is 26.0 Å². The molecule has 0 saturated heterocycles. The standard InChI is InChI=1S/C15H15FN4O4/c1-18(2)9-10-3-5-11(6-4-10)17-13-7-12(16)14(19(21)22)8-15(13)20(23)24/h3-8,17H,9H2,1-2H3. The van der Waals surface area contributed by atoms with Crippen LogP contribution < -0.4 is 5.32 Å². The van der Waals surface area contributed by atoms with Crippen molar-refractivity contribution in [1.29, 1.82) is 0 Å². The van der Waals surface area contributed by atoms with Gasteiger partial charge in [0.25, 0.3) is 5.69 Å². The fourth-order valence-corrected chi connectivity index (χ4v) is 2.16. The molecule has 0 heterocycles. The third-order valence-corrected chi connectivity index (χ3v) is 3.19. The second kappa shape index (κ2) is 7.01. The third kappa shape index (κ3) is 4.02. The first-order chi connectivity index (χ1) is 11.3. The van der Waals surface area contributed by atoms with Gasteiger partial charge in [-0.15, -0.1) is 0 Å². The van der Waals surface area contributed by atoms with Gasteiger partial charge in [-0.2, -0.15) is 4.39 Å². The summed E-state index contributed by atoms with van der Waals surface area (Å²) in [6.07, 6.45) is 0. The Bertz CT molecular complexity index is 778. The maximum Gasteiger partial charge on any atom is 0.311 e. The molecule has 2 rings (SSSR count). The van der Waals surface area contributed by atoms with Crippen LogP contribution in [0.1, 0.15) is 5.56 Å². The highest BCUT2D eigenvalue weighted by molar-refractivity contribution is 5.72. The van der Waals surface area contributed by atoms with Crippen molar-refractivity contribution < 1.29 is 14.2 Å². The molecule has 0 aliphatic carbocycles. The lowest BCUT2D eigenvalue weighted by atomic mass is 10.2. The van der Waals surface area contributed by atoms with Gasteiger partial charge in [-0.25, -0.2) is 0 Å². The van der Waals surface area contributed by atoms with E-state index in [4.69, 9.17) is 0 Å². The largest absolute Gasteiger partial charge is 0.350 e. The minimum atomic E-state index is -1.14. The predicted octanol–water partition coefficient (Wildman–Crippen LogP) is 3.45. The monoisotopic (exact) mass is 334 g/mol. The maximum atomic E-state index is 13.7. The lowest BCUT2D eigenvalue weighted by Crippen LogP contribution is -2.10. The van der Waals surface area contributed by atoms with Crippen molar-refractivity contribution >= 4 is 22.7 Å². The van der Waals surface area contributed by atoms with Gasteiger partial charge in [-0.05, 0) is 31.8 Å². The zero-order chi connectivity index (χ0) is 17.9. The van der Waals surface area contributed by atoms with Crippen molar-refractivity contribution in [1.82, 2.24) is 4.90 Å². The quantitative estimate of drug-likeness (QED) is 0.641. The van der Waals surface area contributed by atoms with E-state index in [9.17, 15) is 24.6 Å². The summed E-state index contributed by atoms with van der Waals surface area (Å²) in [4.78, 5) is 22.0. The topological polar surface area (TPSA) is 102 Å². The van der Waals surface area contributed by atoms with Crippen LogP contribution in [-0.2, 0) is 6.54 Å². The highest BCUT2D eigenvalue weighted by Crippen LogP contribution is 2.33. The number of rotatable bonds is 6. The molecule has 24 heavy (non-hydrogen) atoms. The van der Waals surface area contributed by atoms with Crippen molar-refractivity contribution in [3.63, 3.8) is 0 Å². The fourth-order valence-electron chi connectivity index (χ4n) is 2.16. The summed E-state index contributed by atoms with van der Waals surface area (Å²) in [6.45, 7) is 0.729. The summed E-state index contributed by atoms with van der Waals surface area (Å²) in [5.74, 6) is -1.14.